The first-order valence-electron chi connectivity index (χ1n) is 6.59. The summed E-state index contributed by atoms with van der Waals surface area (Å²) in [6.45, 7) is -0.226. The Labute approximate surface area is 135 Å². The number of amides is 1. The molecule has 0 heterocycles. The third-order valence-corrected chi connectivity index (χ3v) is 3.45. The summed E-state index contributed by atoms with van der Waals surface area (Å²) >= 11 is 0.438. The van der Waals surface area contributed by atoms with E-state index in [2.05, 4.69) is 5.32 Å². The van der Waals surface area contributed by atoms with Crippen LogP contribution in [-0.4, -0.2) is 24.6 Å². The fraction of sp³-hybridized carbons (Fsp3) is 0.125. The lowest BCUT2D eigenvalue weighted by Crippen LogP contribution is -2.20. The Morgan fingerprint density at radius 3 is 2.61 bits per heavy atom. The van der Waals surface area contributed by atoms with Gasteiger partial charge < -0.3 is 10.1 Å². The van der Waals surface area contributed by atoms with Crippen LogP contribution >= 0.6 is 11.8 Å². The van der Waals surface area contributed by atoms with Gasteiger partial charge >= 0.3 is 0 Å². The Hall–Kier alpha value is -2.41. The van der Waals surface area contributed by atoms with E-state index < -0.39 is 11.7 Å². The zero-order chi connectivity index (χ0) is 16.7. The van der Waals surface area contributed by atoms with Crippen molar-refractivity contribution in [2.45, 2.75) is 10.7 Å². The second-order valence-electron chi connectivity index (χ2n) is 4.43. The molecule has 7 heteroatoms. The lowest BCUT2D eigenvalue weighted by molar-refractivity contribution is -0.118. The molecule has 0 aliphatic heterocycles. The normalized spacial score (nSPS) is 10.4. The van der Waals surface area contributed by atoms with E-state index in [0.717, 1.165) is 0 Å². The van der Waals surface area contributed by atoms with Crippen LogP contribution in [0.15, 0.2) is 53.4 Å². The molecule has 0 atom stereocenters. The number of anilines is 1. The van der Waals surface area contributed by atoms with Crippen LogP contribution in [0.2, 0.25) is 0 Å². The first-order valence-corrected chi connectivity index (χ1v) is 7.47. The number of thioether (sulfide) groups is 1. The molecule has 0 aliphatic carbocycles. The van der Waals surface area contributed by atoms with Gasteiger partial charge in [-0.15, -0.1) is 0 Å². The van der Waals surface area contributed by atoms with E-state index in [0.29, 0.717) is 39.9 Å². The molecular weight excluding hydrogens is 324 g/mol. The van der Waals surface area contributed by atoms with Crippen LogP contribution in [0.1, 0.15) is 10.4 Å². The van der Waals surface area contributed by atoms with Crippen molar-refractivity contribution in [2.75, 3.05) is 11.9 Å². The predicted molar refractivity (Wildman–Crippen MR) is 84.3 cm³/mol. The molecule has 1 N–H and O–H groups in total. The Morgan fingerprint density at radius 2 is 1.96 bits per heavy atom. The number of hydrogen-bond acceptors (Lipinski definition) is 4. The van der Waals surface area contributed by atoms with Gasteiger partial charge in [-0.25, -0.2) is 0 Å². The highest BCUT2D eigenvalue weighted by molar-refractivity contribution is 7.99. The SMILES string of the molecule is O=Cc1cccc(OCC(=O)Nc2ccc(SC(F)F)cc2)c1. The van der Waals surface area contributed by atoms with E-state index in [1.807, 2.05) is 0 Å². The Kier molecular flexibility index (Phi) is 6.10. The van der Waals surface area contributed by atoms with Gasteiger partial charge in [0.25, 0.3) is 11.7 Å². The Balaban J connectivity index is 1.85. The number of alkyl halides is 2. The van der Waals surface area contributed by atoms with Crippen LogP contribution < -0.4 is 10.1 Å². The summed E-state index contributed by atoms with van der Waals surface area (Å²) in [6, 6.07) is 12.5. The number of ether oxygens (including phenoxy) is 1. The van der Waals surface area contributed by atoms with Crippen molar-refractivity contribution in [1.82, 2.24) is 0 Å². The fourth-order valence-corrected chi connectivity index (χ4v) is 2.24. The maximum atomic E-state index is 12.2. The lowest BCUT2D eigenvalue weighted by atomic mass is 10.2. The zero-order valence-electron chi connectivity index (χ0n) is 11.9. The predicted octanol–water partition coefficient (Wildman–Crippen LogP) is 3.83. The summed E-state index contributed by atoms with van der Waals surface area (Å²) in [7, 11) is 0. The van der Waals surface area contributed by atoms with Gasteiger partial charge in [-0.3, -0.25) is 9.59 Å². The van der Waals surface area contributed by atoms with Crippen LogP contribution in [0.5, 0.6) is 5.75 Å². The number of nitrogens with one attached hydrogen (secondary N) is 1. The highest BCUT2D eigenvalue weighted by Crippen LogP contribution is 2.26. The summed E-state index contributed by atoms with van der Waals surface area (Å²) < 4.78 is 29.7. The van der Waals surface area contributed by atoms with E-state index in [1.165, 1.54) is 30.3 Å². The van der Waals surface area contributed by atoms with Gasteiger partial charge in [0.15, 0.2) is 6.61 Å². The molecular formula is C16H13F2NO3S. The van der Waals surface area contributed by atoms with Crippen LogP contribution in [0.3, 0.4) is 0 Å². The third-order valence-electron chi connectivity index (χ3n) is 2.73. The van der Waals surface area contributed by atoms with Gasteiger partial charge in [-0.2, -0.15) is 8.78 Å². The van der Waals surface area contributed by atoms with Crippen molar-refractivity contribution in [1.29, 1.82) is 0 Å². The molecule has 0 saturated carbocycles. The quantitative estimate of drug-likeness (QED) is 0.616. The molecule has 4 nitrogen and oxygen atoms in total. The standard InChI is InChI=1S/C16H13F2NO3S/c17-16(18)23-14-6-4-12(5-7-14)19-15(21)10-22-13-3-1-2-11(8-13)9-20/h1-9,16H,10H2,(H,19,21). The molecule has 2 aromatic carbocycles. The molecule has 120 valence electrons. The van der Waals surface area contributed by atoms with Crippen LogP contribution in [0.4, 0.5) is 14.5 Å². The molecule has 0 unspecified atom stereocenters. The monoisotopic (exact) mass is 337 g/mol. The lowest BCUT2D eigenvalue weighted by Gasteiger charge is -2.08. The van der Waals surface area contributed by atoms with E-state index >= 15 is 0 Å². The number of rotatable bonds is 7. The second-order valence-corrected chi connectivity index (χ2v) is 5.49. The van der Waals surface area contributed by atoms with Gasteiger partial charge in [0.1, 0.15) is 12.0 Å². The molecule has 2 aromatic rings. The smallest absolute Gasteiger partial charge is 0.288 e. The molecule has 0 bridgehead atoms. The summed E-state index contributed by atoms with van der Waals surface area (Å²) in [6.07, 6.45) is 0.686. The molecule has 0 aromatic heterocycles. The minimum absolute atomic E-state index is 0.226. The van der Waals surface area contributed by atoms with E-state index in [4.69, 9.17) is 4.74 Å². The Morgan fingerprint density at radius 1 is 1.22 bits per heavy atom. The summed E-state index contributed by atoms with van der Waals surface area (Å²) in [5.41, 5.74) is 0.939. The third kappa shape index (κ3) is 5.71. The summed E-state index contributed by atoms with van der Waals surface area (Å²) in [5.74, 6) is -2.46. The first kappa shape index (κ1) is 17.0. The van der Waals surface area contributed by atoms with E-state index in [1.54, 1.807) is 18.2 Å². The molecule has 0 spiro atoms. The zero-order valence-corrected chi connectivity index (χ0v) is 12.7. The highest BCUT2D eigenvalue weighted by atomic mass is 32.2. The molecule has 23 heavy (non-hydrogen) atoms. The number of carbonyl (C=O) groups is 2. The second kappa shape index (κ2) is 8.28. The number of benzene rings is 2. The fourth-order valence-electron chi connectivity index (χ4n) is 1.74. The van der Waals surface area contributed by atoms with Crippen LogP contribution in [0, 0.1) is 0 Å². The van der Waals surface area contributed by atoms with Crippen LogP contribution in [0.25, 0.3) is 0 Å². The van der Waals surface area contributed by atoms with Crippen molar-refractivity contribution in [2.24, 2.45) is 0 Å². The van der Waals surface area contributed by atoms with Crippen molar-refractivity contribution in [3.63, 3.8) is 0 Å². The number of hydrogen-bond donors (Lipinski definition) is 1. The van der Waals surface area contributed by atoms with Crippen molar-refractivity contribution in [3.8, 4) is 5.75 Å². The number of halogens is 2. The van der Waals surface area contributed by atoms with Crippen molar-refractivity contribution in [3.05, 3.63) is 54.1 Å². The minimum Gasteiger partial charge on any atom is -0.484 e. The minimum atomic E-state index is -2.48. The molecule has 0 aliphatic rings. The summed E-state index contributed by atoms with van der Waals surface area (Å²) in [4.78, 5) is 22.8. The first-order chi connectivity index (χ1) is 11.1. The largest absolute Gasteiger partial charge is 0.484 e. The average molecular weight is 337 g/mol. The molecule has 0 fully saturated rings. The maximum absolute atomic E-state index is 12.2. The molecule has 2 rings (SSSR count). The Bertz CT molecular complexity index is 677. The maximum Gasteiger partial charge on any atom is 0.288 e. The van der Waals surface area contributed by atoms with Gasteiger partial charge in [-0.05, 0) is 36.4 Å². The number of aldehydes is 1. The average Bonchev–Trinajstić information content (AvgIpc) is 2.54. The van der Waals surface area contributed by atoms with Gasteiger partial charge in [0.05, 0.1) is 0 Å². The van der Waals surface area contributed by atoms with Gasteiger partial charge in [0, 0.05) is 16.1 Å². The van der Waals surface area contributed by atoms with Crippen molar-refractivity contribution < 1.29 is 23.1 Å². The summed E-state index contributed by atoms with van der Waals surface area (Å²) in [5, 5.41) is 2.59. The van der Waals surface area contributed by atoms with E-state index in [-0.39, 0.29) is 6.61 Å². The molecule has 1 amide bonds. The topological polar surface area (TPSA) is 55.4 Å². The number of carbonyl (C=O) groups excluding carboxylic acids is 2. The van der Waals surface area contributed by atoms with Gasteiger partial charge in [-0.1, -0.05) is 23.9 Å². The van der Waals surface area contributed by atoms with Crippen LogP contribution in [-0.2, 0) is 4.79 Å². The molecule has 0 saturated heterocycles. The van der Waals surface area contributed by atoms with Crippen molar-refractivity contribution >= 4 is 29.6 Å². The molecule has 0 radical (unpaired) electrons. The van der Waals surface area contributed by atoms with E-state index in [9.17, 15) is 18.4 Å². The highest BCUT2D eigenvalue weighted by Gasteiger charge is 2.07. The van der Waals surface area contributed by atoms with Gasteiger partial charge in [0.2, 0.25) is 0 Å².